The van der Waals surface area contributed by atoms with Crippen LogP contribution in [0.15, 0.2) is 84.9 Å². The Kier molecular flexibility index (Phi) is 9.23. The van der Waals surface area contributed by atoms with Crippen LogP contribution >= 0.6 is 17.0 Å². The second-order valence-corrected chi connectivity index (χ2v) is 8.03. The number of unbranched alkanes of at least 4 members (excludes halogenated alkanes) is 5. The molecule has 0 heterocycles. The van der Waals surface area contributed by atoms with Crippen molar-refractivity contribution in [2.24, 2.45) is 0 Å². The van der Waals surface area contributed by atoms with Crippen LogP contribution < -0.4 is 10.6 Å². The predicted molar refractivity (Wildman–Crippen MR) is 143 cm³/mol. The third-order valence-corrected chi connectivity index (χ3v) is 5.81. The highest BCUT2D eigenvalue weighted by molar-refractivity contribution is 8.93. The van der Waals surface area contributed by atoms with Crippen LogP contribution in [0, 0.1) is 0 Å². The van der Waals surface area contributed by atoms with Crippen molar-refractivity contribution in [1.82, 2.24) is 0 Å². The van der Waals surface area contributed by atoms with Crippen molar-refractivity contribution >= 4 is 49.9 Å². The Morgan fingerprint density at radius 3 is 1.29 bits per heavy atom. The summed E-state index contributed by atoms with van der Waals surface area (Å²) >= 11 is 0. The first-order valence-electron chi connectivity index (χ1n) is 11.3. The van der Waals surface area contributed by atoms with Crippen LogP contribution in [0.5, 0.6) is 0 Å². The molecule has 162 valence electrons. The van der Waals surface area contributed by atoms with Gasteiger partial charge in [0.1, 0.15) is 0 Å². The number of fused-ring (bicyclic) bond motifs is 2. The molecule has 2 N–H and O–H groups in total. The second kappa shape index (κ2) is 12.4. The summed E-state index contributed by atoms with van der Waals surface area (Å²) in [5.41, 5.74) is 2.51. The first kappa shape index (κ1) is 23.1. The van der Waals surface area contributed by atoms with Gasteiger partial charge in [-0.15, -0.1) is 17.0 Å². The van der Waals surface area contributed by atoms with E-state index in [0.29, 0.717) is 0 Å². The van der Waals surface area contributed by atoms with Crippen molar-refractivity contribution in [1.29, 1.82) is 0 Å². The molecule has 0 aliphatic rings. The molecule has 4 aromatic rings. The van der Waals surface area contributed by atoms with Gasteiger partial charge >= 0.3 is 0 Å². The summed E-state index contributed by atoms with van der Waals surface area (Å²) in [7, 11) is 0. The summed E-state index contributed by atoms with van der Waals surface area (Å²) < 4.78 is 0. The molecule has 0 unspecified atom stereocenters. The van der Waals surface area contributed by atoms with Crippen LogP contribution in [0.1, 0.15) is 38.5 Å². The Morgan fingerprint density at radius 1 is 0.419 bits per heavy atom. The highest BCUT2D eigenvalue weighted by Crippen LogP contribution is 2.24. The summed E-state index contributed by atoms with van der Waals surface area (Å²) in [6.45, 7) is 2.10. The van der Waals surface area contributed by atoms with Crippen molar-refractivity contribution in [3.8, 4) is 0 Å². The maximum Gasteiger partial charge on any atom is 0.0419 e. The van der Waals surface area contributed by atoms with Crippen LogP contribution in [0.2, 0.25) is 0 Å². The van der Waals surface area contributed by atoms with Gasteiger partial charge in [0.05, 0.1) is 0 Å². The van der Waals surface area contributed by atoms with Crippen molar-refractivity contribution < 1.29 is 0 Å². The average molecular weight is 477 g/mol. The van der Waals surface area contributed by atoms with Crippen LogP contribution in [0.25, 0.3) is 21.5 Å². The summed E-state index contributed by atoms with van der Waals surface area (Å²) in [6.07, 6.45) is 7.72. The molecule has 31 heavy (non-hydrogen) atoms. The Morgan fingerprint density at radius 2 is 0.806 bits per heavy atom. The smallest absolute Gasteiger partial charge is 0.0419 e. The minimum Gasteiger partial charge on any atom is -0.385 e. The molecule has 0 radical (unpaired) electrons. The third-order valence-electron chi connectivity index (χ3n) is 5.81. The van der Waals surface area contributed by atoms with E-state index in [0.717, 1.165) is 13.1 Å². The third kappa shape index (κ3) is 6.48. The molecule has 0 spiro atoms. The zero-order valence-electron chi connectivity index (χ0n) is 18.1. The van der Waals surface area contributed by atoms with E-state index in [-0.39, 0.29) is 17.0 Å². The topological polar surface area (TPSA) is 24.1 Å². The standard InChI is InChI=1S/C28H32N2.BrH/c1(3-9-21-29-27-19-11-15-23-13-5-7-17-25(23)27)2-4-10-22-30-28-20-12-16-24-14-6-8-18-26(24)28;/h5-8,11-20,29-30H,1-4,9-10,21-22H2;1H. The fraction of sp³-hybridized carbons (Fsp3) is 0.286. The van der Waals surface area contributed by atoms with Crippen molar-refractivity contribution in [3.05, 3.63) is 84.9 Å². The van der Waals surface area contributed by atoms with Crippen LogP contribution in [-0.4, -0.2) is 13.1 Å². The molecule has 2 nitrogen and oxygen atoms in total. The van der Waals surface area contributed by atoms with Gasteiger partial charge in [-0.3, -0.25) is 0 Å². The van der Waals surface area contributed by atoms with E-state index in [1.165, 1.54) is 71.4 Å². The van der Waals surface area contributed by atoms with Crippen LogP contribution in [0.3, 0.4) is 0 Å². The van der Waals surface area contributed by atoms with E-state index in [2.05, 4.69) is 95.6 Å². The molecule has 0 aliphatic carbocycles. The summed E-state index contributed by atoms with van der Waals surface area (Å²) in [4.78, 5) is 0. The molecule has 0 bridgehead atoms. The van der Waals surface area contributed by atoms with Gasteiger partial charge in [0.15, 0.2) is 0 Å². The number of nitrogens with one attached hydrogen (secondary N) is 2. The Hall–Kier alpha value is -2.52. The lowest BCUT2D eigenvalue weighted by atomic mass is 10.1. The highest BCUT2D eigenvalue weighted by atomic mass is 79.9. The average Bonchev–Trinajstić information content (AvgIpc) is 2.80. The molecule has 3 heteroatoms. The lowest BCUT2D eigenvalue weighted by molar-refractivity contribution is 0.610. The molecule has 0 aromatic heterocycles. The summed E-state index contributed by atoms with van der Waals surface area (Å²) in [5, 5.41) is 12.5. The van der Waals surface area contributed by atoms with E-state index < -0.39 is 0 Å². The van der Waals surface area contributed by atoms with Gasteiger partial charge in [0.25, 0.3) is 0 Å². The predicted octanol–water partition coefficient (Wildman–Crippen LogP) is 8.44. The molecule has 0 saturated carbocycles. The first-order chi connectivity index (χ1) is 14.9. The second-order valence-electron chi connectivity index (χ2n) is 8.03. The molecular formula is C28H33BrN2. The van der Waals surface area contributed by atoms with Gasteiger partial charge in [-0.2, -0.15) is 0 Å². The molecule has 0 atom stereocenters. The minimum atomic E-state index is 0. The number of benzene rings is 4. The van der Waals surface area contributed by atoms with E-state index >= 15 is 0 Å². The van der Waals surface area contributed by atoms with Gasteiger partial charge in [-0.25, -0.2) is 0 Å². The molecule has 0 aliphatic heterocycles. The number of hydrogen-bond donors (Lipinski definition) is 2. The number of halogens is 1. The molecular weight excluding hydrogens is 444 g/mol. The van der Waals surface area contributed by atoms with Crippen LogP contribution in [0.4, 0.5) is 11.4 Å². The summed E-state index contributed by atoms with van der Waals surface area (Å²) in [5.74, 6) is 0. The fourth-order valence-electron chi connectivity index (χ4n) is 4.16. The van der Waals surface area contributed by atoms with Crippen LogP contribution in [-0.2, 0) is 0 Å². The normalized spacial score (nSPS) is 10.7. The van der Waals surface area contributed by atoms with E-state index in [4.69, 9.17) is 0 Å². The number of anilines is 2. The Labute approximate surface area is 196 Å². The number of hydrogen-bond acceptors (Lipinski definition) is 2. The molecule has 4 rings (SSSR count). The van der Waals surface area contributed by atoms with Crippen molar-refractivity contribution in [3.63, 3.8) is 0 Å². The van der Waals surface area contributed by atoms with Crippen molar-refractivity contribution in [2.75, 3.05) is 23.7 Å². The largest absolute Gasteiger partial charge is 0.385 e. The molecule has 0 amide bonds. The van der Waals surface area contributed by atoms with E-state index in [1.54, 1.807) is 0 Å². The number of rotatable bonds is 11. The molecule has 4 aromatic carbocycles. The van der Waals surface area contributed by atoms with Gasteiger partial charge in [-0.1, -0.05) is 98.5 Å². The van der Waals surface area contributed by atoms with Crippen molar-refractivity contribution in [2.45, 2.75) is 38.5 Å². The zero-order chi connectivity index (χ0) is 20.4. The van der Waals surface area contributed by atoms with Gasteiger partial charge < -0.3 is 10.6 Å². The quantitative estimate of drug-likeness (QED) is 0.212. The first-order valence-corrected chi connectivity index (χ1v) is 11.3. The SMILES string of the molecule is Br.c1ccc2c(NCCCCCCCCNc3cccc4ccccc34)cccc2c1. The highest BCUT2D eigenvalue weighted by Gasteiger charge is 2.00. The Bertz CT molecular complexity index is 979. The zero-order valence-corrected chi connectivity index (χ0v) is 19.9. The lowest BCUT2D eigenvalue weighted by Gasteiger charge is -2.10. The summed E-state index contributed by atoms with van der Waals surface area (Å²) in [6, 6.07) is 30.2. The van der Waals surface area contributed by atoms with Gasteiger partial charge in [0, 0.05) is 35.2 Å². The monoisotopic (exact) mass is 476 g/mol. The fourth-order valence-corrected chi connectivity index (χ4v) is 4.16. The minimum absolute atomic E-state index is 0. The maximum absolute atomic E-state index is 3.62. The Balaban J connectivity index is 0.00000272. The molecule has 0 fully saturated rings. The molecule has 0 saturated heterocycles. The van der Waals surface area contributed by atoms with Gasteiger partial charge in [0.2, 0.25) is 0 Å². The lowest BCUT2D eigenvalue weighted by Crippen LogP contribution is -2.02. The van der Waals surface area contributed by atoms with E-state index in [9.17, 15) is 0 Å². The maximum atomic E-state index is 3.62. The van der Waals surface area contributed by atoms with Gasteiger partial charge in [-0.05, 0) is 35.7 Å². The van der Waals surface area contributed by atoms with E-state index in [1.807, 2.05) is 0 Å².